The maximum absolute atomic E-state index is 9.72. The van der Waals surface area contributed by atoms with E-state index in [1.807, 2.05) is 17.8 Å². The molecule has 0 spiro atoms. The molecule has 0 aliphatic carbocycles. The fourth-order valence-electron chi connectivity index (χ4n) is 2.31. The van der Waals surface area contributed by atoms with E-state index in [4.69, 9.17) is 0 Å². The van der Waals surface area contributed by atoms with Crippen LogP contribution in [-0.4, -0.2) is 41.0 Å². The van der Waals surface area contributed by atoms with Crippen molar-refractivity contribution in [2.75, 3.05) is 26.2 Å². The molecule has 1 aromatic rings. The number of aliphatic hydroxyl groups excluding tert-OH is 1. The second-order valence-corrected chi connectivity index (χ2v) is 6.23. The largest absolute Gasteiger partial charge is 0.395 e. The first-order valence-corrected chi connectivity index (χ1v) is 7.17. The molecule has 2 nitrogen and oxygen atoms in total. The van der Waals surface area contributed by atoms with Gasteiger partial charge in [0.25, 0.3) is 0 Å². The van der Waals surface area contributed by atoms with Crippen LogP contribution in [0, 0.1) is 0 Å². The summed E-state index contributed by atoms with van der Waals surface area (Å²) in [4.78, 5) is 3.73. The van der Waals surface area contributed by atoms with Crippen LogP contribution in [0.2, 0.25) is 0 Å². The number of thioether (sulfide) groups is 1. The summed E-state index contributed by atoms with van der Waals surface area (Å²) in [7, 11) is 0. The Morgan fingerprint density at radius 2 is 1.88 bits per heavy atom. The molecule has 1 saturated heterocycles. The van der Waals surface area contributed by atoms with E-state index in [0.29, 0.717) is 0 Å². The predicted octanol–water partition coefficient (Wildman–Crippen LogP) is 2.63. The molecule has 1 heterocycles. The van der Waals surface area contributed by atoms with Crippen molar-refractivity contribution in [3.05, 3.63) is 30.3 Å². The molecule has 0 aromatic heterocycles. The van der Waals surface area contributed by atoms with Gasteiger partial charge in [0.1, 0.15) is 0 Å². The molecule has 1 fully saturated rings. The van der Waals surface area contributed by atoms with Crippen molar-refractivity contribution in [3.8, 4) is 0 Å². The van der Waals surface area contributed by atoms with Crippen molar-refractivity contribution < 1.29 is 5.11 Å². The molecular formula is C14H21NOS. The van der Waals surface area contributed by atoms with E-state index in [0.717, 1.165) is 32.5 Å². The second kappa shape index (κ2) is 5.89. The van der Waals surface area contributed by atoms with Gasteiger partial charge in [-0.2, -0.15) is 0 Å². The van der Waals surface area contributed by atoms with Crippen LogP contribution in [0.25, 0.3) is 0 Å². The van der Waals surface area contributed by atoms with Crippen molar-refractivity contribution >= 4 is 11.8 Å². The molecule has 1 aliphatic rings. The molecule has 3 heteroatoms. The molecule has 0 atom stereocenters. The lowest BCUT2D eigenvalue weighted by atomic mass is 9.96. The average molecular weight is 251 g/mol. The molecule has 1 aliphatic heterocycles. The van der Waals surface area contributed by atoms with Crippen LogP contribution in [0.3, 0.4) is 0 Å². The Morgan fingerprint density at radius 3 is 2.41 bits per heavy atom. The third kappa shape index (κ3) is 3.24. The zero-order valence-corrected chi connectivity index (χ0v) is 11.2. The maximum Gasteiger partial charge on any atom is 0.0582 e. The van der Waals surface area contributed by atoms with Gasteiger partial charge >= 0.3 is 0 Å². The Balaban J connectivity index is 2.01. The predicted molar refractivity (Wildman–Crippen MR) is 73.5 cm³/mol. The quantitative estimate of drug-likeness (QED) is 0.890. The first-order valence-electron chi connectivity index (χ1n) is 6.35. The smallest absolute Gasteiger partial charge is 0.0582 e. The van der Waals surface area contributed by atoms with Gasteiger partial charge in [-0.25, -0.2) is 0 Å². The van der Waals surface area contributed by atoms with Gasteiger partial charge in [0, 0.05) is 9.64 Å². The molecule has 0 saturated carbocycles. The number of nitrogens with zero attached hydrogens (tertiary/aromatic N) is 1. The van der Waals surface area contributed by atoms with Crippen LogP contribution in [0.4, 0.5) is 0 Å². The minimum atomic E-state index is 0.0347. The highest BCUT2D eigenvalue weighted by atomic mass is 32.2. The third-order valence-electron chi connectivity index (χ3n) is 3.58. The van der Waals surface area contributed by atoms with Gasteiger partial charge in [-0.3, -0.25) is 0 Å². The first kappa shape index (κ1) is 12.9. The Bertz CT molecular complexity index is 333. The third-order valence-corrected chi connectivity index (χ3v) is 5.06. The lowest BCUT2D eigenvalue weighted by Gasteiger charge is -2.39. The summed E-state index contributed by atoms with van der Waals surface area (Å²) in [6.45, 7) is 5.83. The number of aliphatic hydroxyl groups is 1. The summed E-state index contributed by atoms with van der Waals surface area (Å²) in [5, 5.41) is 9.72. The van der Waals surface area contributed by atoms with Crippen molar-refractivity contribution in [3.63, 3.8) is 0 Å². The normalized spacial score (nSPS) is 20.4. The van der Waals surface area contributed by atoms with Crippen LogP contribution in [0.1, 0.15) is 19.8 Å². The highest BCUT2D eigenvalue weighted by Crippen LogP contribution is 2.40. The van der Waals surface area contributed by atoms with Gasteiger partial charge in [-0.05, 0) is 44.6 Å². The molecule has 1 N–H and O–H groups in total. The summed E-state index contributed by atoms with van der Waals surface area (Å²) in [6, 6.07) is 10.4. The van der Waals surface area contributed by atoms with Gasteiger partial charge in [0.15, 0.2) is 0 Å². The van der Waals surface area contributed by atoms with Crippen molar-refractivity contribution in [1.29, 1.82) is 0 Å². The zero-order valence-electron chi connectivity index (χ0n) is 10.4. The average Bonchev–Trinajstić information content (AvgIpc) is 2.41. The lowest BCUT2D eigenvalue weighted by Crippen LogP contribution is -2.44. The highest BCUT2D eigenvalue weighted by Gasteiger charge is 2.34. The molecule has 0 radical (unpaired) electrons. The van der Waals surface area contributed by atoms with Crippen LogP contribution in [0.15, 0.2) is 35.2 Å². The fourth-order valence-corrected chi connectivity index (χ4v) is 3.55. The van der Waals surface area contributed by atoms with Gasteiger partial charge < -0.3 is 10.0 Å². The second-order valence-electron chi connectivity index (χ2n) is 4.69. The minimum absolute atomic E-state index is 0.0347. The van der Waals surface area contributed by atoms with E-state index in [1.165, 1.54) is 4.90 Å². The topological polar surface area (TPSA) is 23.5 Å². The van der Waals surface area contributed by atoms with E-state index >= 15 is 0 Å². The van der Waals surface area contributed by atoms with E-state index in [1.54, 1.807) is 0 Å². The van der Waals surface area contributed by atoms with Crippen molar-refractivity contribution in [1.82, 2.24) is 4.90 Å². The van der Waals surface area contributed by atoms with Crippen LogP contribution in [-0.2, 0) is 0 Å². The molecule has 0 amide bonds. The summed E-state index contributed by atoms with van der Waals surface area (Å²) in [5.41, 5.74) is 0. The number of likely N-dealkylation sites (tertiary alicyclic amines) is 1. The van der Waals surface area contributed by atoms with Gasteiger partial charge in [-0.1, -0.05) is 25.1 Å². The van der Waals surface area contributed by atoms with Crippen LogP contribution in [0.5, 0.6) is 0 Å². The number of benzene rings is 1. The SMILES string of the molecule is CCN1CCC(CO)(Sc2ccccc2)CC1. The van der Waals surface area contributed by atoms with Crippen LogP contribution < -0.4 is 0 Å². The van der Waals surface area contributed by atoms with Crippen molar-refractivity contribution in [2.24, 2.45) is 0 Å². The molecule has 0 unspecified atom stereocenters. The van der Waals surface area contributed by atoms with Crippen LogP contribution >= 0.6 is 11.8 Å². The standard InChI is InChI=1S/C14H21NOS/c1-2-15-10-8-14(12-16,9-11-15)17-13-6-4-3-5-7-13/h3-7,16H,2,8-12H2,1H3. The van der Waals surface area contributed by atoms with Gasteiger partial charge in [0.05, 0.1) is 6.61 Å². The van der Waals surface area contributed by atoms with Crippen molar-refractivity contribution in [2.45, 2.75) is 29.4 Å². The van der Waals surface area contributed by atoms with E-state index in [9.17, 15) is 5.11 Å². The number of rotatable bonds is 4. The van der Waals surface area contributed by atoms with E-state index < -0.39 is 0 Å². The zero-order chi connectivity index (χ0) is 12.1. The molecule has 2 rings (SSSR count). The van der Waals surface area contributed by atoms with Gasteiger partial charge in [0.2, 0.25) is 0 Å². The Kier molecular flexibility index (Phi) is 4.48. The molecule has 0 bridgehead atoms. The lowest BCUT2D eigenvalue weighted by molar-refractivity contribution is 0.156. The Labute approximate surface area is 108 Å². The van der Waals surface area contributed by atoms with E-state index in [-0.39, 0.29) is 11.4 Å². The molecular weight excluding hydrogens is 230 g/mol. The molecule has 1 aromatic carbocycles. The maximum atomic E-state index is 9.72. The van der Waals surface area contributed by atoms with E-state index in [2.05, 4.69) is 36.1 Å². The molecule has 94 valence electrons. The number of piperidine rings is 1. The minimum Gasteiger partial charge on any atom is -0.395 e. The summed E-state index contributed by atoms with van der Waals surface area (Å²) >= 11 is 1.85. The Hall–Kier alpha value is -0.510. The first-order chi connectivity index (χ1) is 8.28. The summed E-state index contributed by atoms with van der Waals surface area (Å²) in [6.07, 6.45) is 2.16. The Morgan fingerprint density at radius 1 is 1.24 bits per heavy atom. The van der Waals surface area contributed by atoms with Gasteiger partial charge in [-0.15, -0.1) is 11.8 Å². The fraction of sp³-hybridized carbons (Fsp3) is 0.571. The number of hydrogen-bond donors (Lipinski definition) is 1. The number of hydrogen-bond acceptors (Lipinski definition) is 3. The highest BCUT2D eigenvalue weighted by molar-refractivity contribution is 8.00. The summed E-state index contributed by atoms with van der Waals surface area (Å²) < 4.78 is 0.0347. The molecule has 17 heavy (non-hydrogen) atoms. The monoisotopic (exact) mass is 251 g/mol. The summed E-state index contributed by atoms with van der Waals surface area (Å²) in [5.74, 6) is 0.